The Hall–Kier alpha value is -2.91. The van der Waals surface area contributed by atoms with E-state index < -0.39 is 0 Å². The molecule has 162 valence electrons. The summed E-state index contributed by atoms with van der Waals surface area (Å²) in [6.07, 6.45) is 1.64. The standard InChI is InChI=1S/C22H25N5O3S/c1-29-17-4-2-16(3-5-17)18-14-31-21-19(18)20(23-15-24-21)25-6-8-26(9-7-25)22(28)27-10-12-30-13-11-27/h2-5,14-15H,6-13H2,1H3. The molecular formula is C22H25N5O3S. The molecule has 4 heterocycles. The van der Waals surface area contributed by atoms with Gasteiger partial charge in [0.15, 0.2) is 0 Å². The van der Waals surface area contributed by atoms with Gasteiger partial charge in [0.25, 0.3) is 0 Å². The molecular weight excluding hydrogens is 414 g/mol. The van der Waals surface area contributed by atoms with Crippen LogP contribution in [0.1, 0.15) is 0 Å². The van der Waals surface area contributed by atoms with Crippen LogP contribution in [-0.2, 0) is 4.74 Å². The molecule has 8 nitrogen and oxygen atoms in total. The Labute approximate surface area is 185 Å². The van der Waals surface area contributed by atoms with Gasteiger partial charge in [0, 0.05) is 50.2 Å². The predicted octanol–water partition coefficient (Wildman–Crippen LogP) is 2.94. The molecule has 0 spiro atoms. The molecule has 2 aliphatic heterocycles. The highest BCUT2D eigenvalue weighted by atomic mass is 32.1. The SMILES string of the molecule is COc1ccc(-c2csc3ncnc(N4CCN(C(=O)N5CCOCC5)CC4)c23)cc1. The Balaban J connectivity index is 1.37. The van der Waals surface area contributed by atoms with Crippen LogP contribution in [0.5, 0.6) is 5.75 Å². The Morgan fingerprint density at radius 3 is 2.42 bits per heavy atom. The van der Waals surface area contributed by atoms with Gasteiger partial charge in [-0.25, -0.2) is 14.8 Å². The van der Waals surface area contributed by atoms with Gasteiger partial charge in [-0.1, -0.05) is 12.1 Å². The van der Waals surface area contributed by atoms with Crippen molar-refractivity contribution in [2.45, 2.75) is 0 Å². The van der Waals surface area contributed by atoms with Crippen LogP contribution in [0.25, 0.3) is 21.3 Å². The molecule has 3 aromatic rings. The largest absolute Gasteiger partial charge is 0.497 e. The van der Waals surface area contributed by atoms with E-state index in [1.807, 2.05) is 21.9 Å². The second-order valence-electron chi connectivity index (χ2n) is 7.61. The minimum absolute atomic E-state index is 0.116. The third kappa shape index (κ3) is 3.90. The summed E-state index contributed by atoms with van der Waals surface area (Å²) in [7, 11) is 1.67. The second-order valence-corrected chi connectivity index (χ2v) is 8.47. The van der Waals surface area contributed by atoms with E-state index in [2.05, 4.69) is 32.4 Å². The van der Waals surface area contributed by atoms with Gasteiger partial charge in [0.2, 0.25) is 0 Å². The van der Waals surface area contributed by atoms with Crippen LogP contribution in [0.2, 0.25) is 0 Å². The number of aromatic nitrogens is 2. The number of amides is 2. The maximum atomic E-state index is 12.8. The lowest BCUT2D eigenvalue weighted by atomic mass is 10.1. The number of carbonyl (C=O) groups is 1. The molecule has 2 aliphatic rings. The lowest BCUT2D eigenvalue weighted by Crippen LogP contribution is -2.55. The van der Waals surface area contributed by atoms with E-state index in [1.54, 1.807) is 24.8 Å². The smallest absolute Gasteiger partial charge is 0.320 e. The zero-order chi connectivity index (χ0) is 21.2. The van der Waals surface area contributed by atoms with Crippen LogP contribution >= 0.6 is 11.3 Å². The van der Waals surface area contributed by atoms with Gasteiger partial charge in [-0.05, 0) is 17.7 Å². The lowest BCUT2D eigenvalue weighted by molar-refractivity contribution is 0.0428. The molecule has 2 saturated heterocycles. The summed E-state index contributed by atoms with van der Waals surface area (Å²) in [5.74, 6) is 1.77. The summed E-state index contributed by atoms with van der Waals surface area (Å²) < 4.78 is 10.7. The summed E-state index contributed by atoms with van der Waals surface area (Å²) >= 11 is 1.63. The van der Waals surface area contributed by atoms with Crippen LogP contribution in [0.15, 0.2) is 36.0 Å². The number of morpholine rings is 1. The van der Waals surface area contributed by atoms with Gasteiger partial charge < -0.3 is 24.2 Å². The highest BCUT2D eigenvalue weighted by Gasteiger charge is 2.28. The first kappa shape index (κ1) is 20.0. The number of thiophene rings is 1. The van der Waals surface area contributed by atoms with Gasteiger partial charge in [-0.3, -0.25) is 0 Å². The van der Waals surface area contributed by atoms with Crippen LogP contribution in [0.4, 0.5) is 10.6 Å². The van der Waals surface area contributed by atoms with E-state index in [1.165, 1.54) is 0 Å². The fourth-order valence-electron chi connectivity index (χ4n) is 4.15. The third-order valence-electron chi connectivity index (χ3n) is 5.88. The highest BCUT2D eigenvalue weighted by Crippen LogP contribution is 2.38. The Morgan fingerprint density at radius 1 is 1.00 bits per heavy atom. The lowest BCUT2D eigenvalue weighted by Gasteiger charge is -2.39. The molecule has 31 heavy (non-hydrogen) atoms. The number of rotatable bonds is 3. The quantitative estimate of drug-likeness (QED) is 0.625. The summed E-state index contributed by atoms with van der Waals surface area (Å²) in [6, 6.07) is 8.19. The number of hydrogen-bond donors (Lipinski definition) is 0. The highest BCUT2D eigenvalue weighted by molar-refractivity contribution is 7.17. The van der Waals surface area contributed by atoms with Crippen molar-refractivity contribution in [2.24, 2.45) is 0 Å². The fraction of sp³-hybridized carbons (Fsp3) is 0.409. The van der Waals surface area contributed by atoms with Crippen molar-refractivity contribution in [2.75, 3.05) is 64.5 Å². The first-order valence-electron chi connectivity index (χ1n) is 10.5. The minimum atomic E-state index is 0.116. The number of fused-ring (bicyclic) bond motifs is 1. The number of benzene rings is 1. The van der Waals surface area contributed by atoms with Crippen LogP contribution in [-0.4, -0.2) is 85.4 Å². The van der Waals surface area contributed by atoms with Crippen LogP contribution in [0, 0.1) is 0 Å². The summed E-state index contributed by atoms with van der Waals surface area (Å²) in [4.78, 5) is 29.0. The van der Waals surface area contributed by atoms with E-state index in [-0.39, 0.29) is 6.03 Å². The Morgan fingerprint density at radius 2 is 1.71 bits per heavy atom. The van der Waals surface area contributed by atoms with E-state index in [0.717, 1.165) is 46.0 Å². The average Bonchev–Trinajstić information content (AvgIpc) is 3.29. The van der Waals surface area contributed by atoms with Crippen molar-refractivity contribution >= 4 is 33.4 Å². The fourth-order valence-corrected chi connectivity index (χ4v) is 5.06. The minimum Gasteiger partial charge on any atom is -0.497 e. The topological polar surface area (TPSA) is 71.0 Å². The monoisotopic (exact) mass is 439 g/mol. The summed E-state index contributed by atoms with van der Waals surface area (Å²) in [5, 5.41) is 3.22. The number of urea groups is 1. The van der Waals surface area contributed by atoms with Gasteiger partial charge in [-0.15, -0.1) is 11.3 Å². The number of nitrogens with zero attached hydrogens (tertiary/aromatic N) is 5. The first-order chi connectivity index (χ1) is 15.2. The summed E-state index contributed by atoms with van der Waals surface area (Å²) in [6.45, 7) is 5.46. The Kier molecular flexibility index (Phi) is 5.61. The van der Waals surface area contributed by atoms with Crippen LogP contribution in [0.3, 0.4) is 0 Å². The van der Waals surface area contributed by atoms with Crippen molar-refractivity contribution in [1.82, 2.24) is 19.8 Å². The van der Waals surface area contributed by atoms with Crippen molar-refractivity contribution in [1.29, 1.82) is 0 Å². The molecule has 0 radical (unpaired) electrons. The van der Waals surface area contributed by atoms with Gasteiger partial charge in [0.1, 0.15) is 22.7 Å². The van der Waals surface area contributed by atoms with Gasteiger partial charge >= 0.3 is 6.03 Å². The normalized spacial score (nSPS) is 17.3. The zero-order valence-corrected chi connectivity index (χ0v) is 18.3. The molecule has 9 heteroatoms. The summed E-state index contributed by atoms with van der Waals surface area (Å²) in [5.41, 5.74) is 2.24. The van der Waals surface area contributed by atoms with Crippen molar-refractivity contribution in [3.8, 4) is 16.9 Å². The van der Waals surface area contributed by atoms with Crippen molar-refractivity contribution in [3.63, 3.8) is 0 Å². The predicted molar refractivity (Wildman–Crippen MR) is 121 cm³/mol. The zero-order valence-electron chi connectivity index (χ0n) is 17.5. The molecule has 0 saturated carbocycles. The maximum absolute atomic E-state index is 12.8. The maximum Gasteiger partial charge on any atom is 0.320 e. The molecule has 2 aromatic heterocycles. The van der Waals surface area contributed by atoms with E-state index >= 15 is 0 Å². The van der Waals surface area contributed by atoms with E-state index in [0.29, 0.717) is 39.4 Å². The number of methoxy groups -OCH3 is 1. The molecule has 0 atom stereocenters. The Bertz CT molecular complexity index is 1060. The number of hydrogen-bond acceptors (Lipinski definition) is 7. The number of ether oxygens (including phenoxy) is 2. The van der Waals surface area contributed by atoms with Gasteiger partial charge in [0.05, 0.1) is 25.7 Å². The number of carbonyl (C=O) groups excluding carboxylic acids is 1. The van der Waals surface area contributed by atoms with Crippen molar-refractivity contribution < 1.29 is 14.3 Å². The molecule has 5 rings (SSSR count). The molecule has 0 aliphatic carbocycles. The molecule has 2 amide bonds. The average molecular weight is 440 g/mol. The molecule has 0 unspecified atom stereocenters. The molecule has 0 bridgehead atoms. The molecule has 1 aromatic carbocycles. The number of anilines is 1. The second kappa shape index (κ2) is 8.68. The van der Waals surface area contributed by atoms with E-state index in [9.17, 15) is 4.79 Å². The van der Waals surface area contributed by atoms with E-state index in [4.69, 9.17) is 9.47 Å². The number of piperazine rings is 1. The first-order valence-corrected chi connectivity index (χ1v) is 11.4. The molecule has 2 fully saturated rings. The van der Waals surface area contributed by atoms with Crippen LogP contribution < -0.4 is 9.64 Å². The third-order valence-corrected chi connectivity index (χ3v) is 6.77. The molecule has 0 N–H and O–H groups in total. The van der Waals surface area contributed by atoms with Crippen molar-refractivity contribution in [3.05, 3.63) is 36.0 Å². The van der Waals surface area contributed by atoms with Gasteiger partial charge in [-0.2, -0.15) is 0 Å².